The van der Waals surface area contributed by atoms with Gasteiger partial charge in [-0.05, 0) is 50.4 Å². The number of hydrogen-bond acceptors (Lipinski definition) is 5. The first-order valence-corrected chi connectivity index (χ1v) is 9.65. The summed E-state index contributed by atoms with van der Waals surface area (Å²) in [4.78, 5) is 15.2. The number of carbonyl (C=O) groups is 1. The second kappa shape index (κ2) is 9.20. The summed E-state index contributed by atoms with van der Waals surface area (Å²) in [5.74, 6) is 1.64. The van der Waals surface area contributed by atoms with Crippen LogP contribution < -0.4 is 0 Å². The molecule has 0 bridgehead atoms. The molecule has 0 spiro atoms. The fourth-order valence-corrected chi connectivity index (χ4v) is 3.96. The summed E-state index contributed by atoms with van der Waals surface area (Å²) in [6.07, 6.45) is 2.53. The number of nitrogens with zero attached hydrogens (tertiary/aromatic N) is 1. The zero-order chi connectivity index (χ0) is 19.1. The normalized spacial score (nSPS) is 20.5. The van der Waals surface area contributed by atoms with Crippen molar-refractivity contribution >= 4 is 5.97 Å². The molecule has 0 saturated carbocycles. The molecule has 3 rings (SSSR count). The lowest BCUT2D eigenvalue weighted by Crippen LogP contribution is -2.49. The summed E-state index contributed by atoms with van der Waals surface area (Å²) in [6, 6.07) is 14.2. The van der Waals surface area contributed by atoms with Crippen LogP contribution >= 0.6 is 0 Å². The minimum absolute atomic E-state index is 0.0851. The van der Waals surface area contributed by atoms with Crippen LogP contribution in [0.2, 0.25) is 0 Å². The van der Waals surface area contributed by atoms with E-state index in [1.54, 1.807) is 7.11 Å². The molecule has 146 valence electrons. The third-order valence-electron chi connectivity index (χ3n) is 5.13. The lowest BCUT2D eigenvalue weighted by atomic mass is 9.75. The summed E-state index contributed by atoms with van der Waals surface area (Å²) in [7, 11) is 1.66. The van der Waals surface area contributed by atoms with Gasteiger partial charge in [-0.1, -0.05) is 30.3 Å². The van der Waals surface area contributed by atoms with Gasteiger partial charge in [-0.3, -0.25) is 9.69 Å². The highest BCUT2D eigenvalue weighted by Gasteiger charge is 2.43. The van der Waals surface area contributed by atoms with Gasteiger partial charge in [0.2, 0.25) is 0 Å². The molecule has 1 aliphatic rings. The summed E-state index contributed by atoms with van der Waals surface area (Å²) in [5.41, 5.74) is 0.671. The molecule has 1 aromatic heterocycles. The molecule has 1 fully saturated rings. The van der Waals surface area contributed by atoms with E-state index in [2.05, 4.69) is 17.0 Å². The molecule has 1 aliphatic heterocycles. The van der Waals surface area contributed by atoms with E-state index in [0.717, 1.165) is 30.9 Å². The van der Waals surface area contributed by atoms with Gasteiger partial charge in [0, 0.05) is 13.7 Å². The standard InChI is InChI=1S/C22H29NO4/c1-3-26-21(24)22(14-18-8-5-4-6-9-18)12-7-13-23(17-22)15-19-10-11-20(27-19)16-25-2/h4-6,8-11H,3,7,12-17H2,1-2H3/t22-/m0/s1. The summed E-state index contributed by atoms with van der Waals surface area (Å²) in [5, 5.41) is 0. The molecule has 1 saturated heterocycles. The Labute approximate surface area is 161 Å². The number of ether oxygens (including phenoxy) is 2. The Morgan fingerprint density at radius 2 is 1.96 bits per heavy atom. The molecule has 0 unspecified atom stereocenters. The van der Waals surface area contributed by atoms with Crippen molar-refractivity contribution in [2.75, 3.05) is 26.8 Å². The highest BCUT2D eigenvalue weighted by molar-refractivity contribution is 5.77. The molecular formula is C22H29NO4. The third kappa shape index (κ3) is 4.99. The molecule has 0 aliphatic carbocycles. The quantitative estimate of drug-likeness (QED) is 0.661. The second-order valence-corrected chi connectivity index (χ2v) is 7.28. The molecule has 0 radical (unpaired) electrons. The van der Waals surface area contributed by atoms with Crippen molar-refractivity contribution in [1.82, 2.24) is 4.90 Å². The van der Waals surface area contributed by atoms with Crippen LogP contribution in [0.15, 0.2) is 46.9 Å². The number of hydrogen-bond donors (Lipinski definition) is 0. The minimum atomic E-state index is -0.502. The molecule has 5 heteroatoms. The van der Waals surface area contributed by atoms with Crippen molar-refractivity contribution in [3.05, 3.63) is 59.5 Å². The SMILES string of the molecule is CCOC(=O)[C@]1(Cc2ccccc2)CCCN(Cc2ccc(COC)o2)C1. The summed E-state index contributed by atoms with van der Waals surface area (Å²) in [6.45, 7) is 5.08. The first kappa shape index (κ1) is 19.6. The molecular weight excluding hydrogens is 342 g/mol. The van der Waals surface area contributed by atoms with Gasteiger partial charge >= 0.3 is 5.97 Å². The molecule has 1 atom stereocenters. The predicted molar refractivity (Wildman–Crippen MR) is 103 cm³/mol. The smallest absolute Gasteiger partial charge is 0.313 e. The van der Waals surface area contributed by atoms with Gasteiger partial charge in [0.25, 0.3) is 0 Å². The highest BCUT2D eigenvalue weighted by Crippen LogP contribution is 2.36. The first-order chi connectivity index (χ1) is 13.1. The van der Waals surface area contributed by atoms with Crippen LogP contribution in [0.4, 0.5) is 0 Å². The van der Waals surface area contributed by atoms with Crippen LogP contribution in [0.3, 0.4) is 0 Å². The average Bonchev–Trinajstić information content (AvgIpc) is 3.10. The van der Waals surface area contributed by atoms with Gasteiger partial charge in [0.1, 0.15) is 18.1 Å². The van der Waals surface area contributed by atoms with Gasteiger partial charge in [-0.2, -0.15) is 0 Å². The second-order valence-electron chi connectivity index (χ2n) is 7.28. The van der Waals surface area contributed by atoms with Crippen LogP contribution in [-0.4, -0.2) is 37.7 Å². The maximum Gasteiger partial charge on any atom is 0.313 e. The van der Waals surface area contributed by atoms with Crippen LogP contribution in [0.25, 0.3) is 0 Å². The number of piperidine rings is 1. The lowest BCUT2D eigenvalue weighted by Gasteiger charge is -2.40. The number of furan rings is 1. The Morgan fingerprint density at radius 3 is 2.70 bits per heavy atom. The number of rotatable bonds is 8. The molecule has 0 amide bonds. The zero-order valence-electron chi connectivity index (χ0n) is 16.3. The Hall–Kier alpha value is -2.11. The Balaban J connectivity index is 1.75. The van der Waals surface area contributed by atoms with E-state index < -0.39 is 5.41 Å². The van der Waals surface area contributed by atoms with Crippen LogP contribution in [0.5, 0.6) is 0 Å². The van der Waals surface area contributed by atoms with Gasteiger partial charge < -0.3 is 13.9 Å². The topological polar surface area (TPSA) is 51.9 Å². The molecule has 27 heavy (non-hydrogen) atoms. The number of esters is 1. The van der Waals surface area contributed by atoms with Crippen molar-refractivity contribution < 1.29 is 18.7 Å². The molecule has 0 N–H and O–H groups in total. The molecule has 5 nitrogen and oxygen atoms in total. The maximum absolute atomic E-state index is 12.9. The van der Waals surface area contributed by atoms with E-state index >= 15 is 0 Å². The fraction of sp³-hybridized carbons (Fsp3) is 0.500. The number of methoxy groups -OCH3 is 1. The zero-order valence-corrected chi connectivity index (χ0v) is 16.3. The highest BCUT2D eigenvalue weighted by atomic mass is 16.5. The van der Waals surface area contributed by atoms with Crippen molar-refractivity contribution in [3.8, 4) is 0 Å². The average molecular weight is 371 g/mol. The van der Waals surface area contributed by atoms with Crippen molar-refractivity contribution in [2.24, 2.45) is 5.41 Å². The predicted octanol–water partition coefficient (Wildman–Crippen LogP) is 3.81. The van der Waals surface area contributed by atoms with Crippen LogP contribution in [0.1, 0.15) is 36.8 Å². The maximum atomic E-state index is 12.9. The van der Waals surface area contributed by atoms with E-state index in [9.17, 15) is 4.79 Å². The third-order valence-corrected chi connectivity index (χ3v) is 5.13. The summed E-state index contributed by atoms with van der Waals surface area (Å²) >= 11 is 0. The monoisotopic (exact) mass is 371 g/mol. The number of benzene rings is 1. The molecule has 1 aromatic carbocycles. The Kier molecular flexibility index (Phi) is 6.69. The van der Waals surface area contributed by atoms with Crippen LogP contribution in [-0.2, 0) is 33.8 Å². The van der Waals surface area contributed by atoms with E-state index in [1.807, 2.05) is 37.3 Å². The van der Waals surface area contributed by atoms with Crippen molar-refractivity contribution in [1.29, 1.82) is 0 Å². The lowest BCUT2D eigenvalue weighted by molar-refractivity contribution is -0.159. The minimum Gasteiger partial charge on any atom is -0.466 e. The molecule has 2 heterocycles. The first-order valence-electron chi connectivity index (χ1n) is 9.65. The fourth-order valence-electron chi connectivity index (χ4n) is 3.96. The number of likely N-dealkylation sites (tertiary alicyclic amines) is 1. The van der Waals surface area contributed by atoms with Crippen LogP contribution in [0, 0.1) is 5.41 Å². The van der Waals surface area contributed by atoms with E-state index in [-0.39, 0.29) is 5.97 Å². The van der Waals surface area contributed by atoms with Crippen molar-refractivity contribution in [2.45, 2.75) is 39.3 Å². The van der Waals surface area contributed by atoms with Crippen molar-refractivity contribution in [3.63, 3.8) is 0 Å². The largest absolute Gasteiger partial charge is 0.466 e. The van der Waals surface area contributed by atoms with E-state index in [1.165, 1.54) is 5.56 Å². The van der Waals surface area contributed by atoms with Gasteiger partial charge in [0.15, 0.2) is 0 Å². The van der Waals surface area contributed by atoms with Gasteiger partial charge in [-0.15, -0.1) is 0 Å². The van der Waals surface area contributed by atoms with E-state index in [4.69, 9.17) is 13.9 Å². The Bertz CT molecular complexity index is 727. The number of carbonyl (C=O) groups excluding carboxylic acids is 1. The Morgan fingerprint density at radius 1 is 1.19 bits per heavy atom. The van der Waals surface area contributed by atoms with Gasteiger partial charge in [-0.25, -0.2) is 0 Å². The van der Waals surface area contributed by atoms with Gasteiger partial charge in [0.05, 0.1) is 18.6 Å². The van der Waals surface area contributed by atoms with E-state index in [0.29, 0.717) is 32.7 Å². The molecule has 2 aromatic rings. The summed E-state index contributed by atoms with van der Waals surface area (Å²) < 4.78 is 16.4.